The quantitative estimate of drug-likeness (QED) is 0.605. The van der Waals surface area contributed by atoms with Crippen LogP contribution in [0.5, 0.6) is 0 Å². The van der Waals surface area contributed by atoms with E-state index in [1.165, 1.54) is 0 Å². The van der Waals surface area contributed by atoms with E-state index >= 15 is 0 Å². The Morgan fingerprint density at radius 2 is 1.73 bits per heavy atom. The normalized spacial score (nSPS) is 10.7. The zero-order valence-corrected chi connectivity index (χ0v) is 8.70. The van der Waals surface area contributed by atoms with Crippen molar-refractivity contribution in [1.29, 1.82) is 0 Å². The van der Waals surface area contributed by atoms with E-state index in [1.54, 1.807) is 0 Å². The van der Waals surface area contributed by atoms with Crippen LogP contribution in [0, 0.1) is 5.92 Å². The van der Waals surface area contributed by atoms with Crippen LogP contribution in [-0.2, 0) is 4.74 Å². The van der Waals surface area contributed by atoms with Crippen LogP contribution >= 0.6 is 12.2 Å². The van der Waals surface area contributed by atoms with Crippen LogP contribution in [0.4, 0.5) is 0 Å². The minimum atomic E-state index is 0.225. The van der Waals surface area contributed by atoms with Gasteiger partial charge in [-0.2, -0.15) is 0 Å². The first-order valence-electron chi connectivity index (χ1n) is 4.32. The highest BCUT2D eigenvalue weighted by molar-refractivity contribution is 7.80. The molecule has 0 aliphatic carbocycles. The summed E-state index contributed by atoms with van der Waals surface area (Å²) < 4.78 is 5.43. The summed E-state index contributed by atoms with van der Waals surface area (Å²) in [6, 6.07) is 0. The van der Waals surface area contributed by atoms with Crippen LogP contribution in [0.25, 0.3) is 0 Å². The van der Waals surface area contributed by atoms with E-state index in [4.69, 9.17) is 17.0 Å². The lowest BCUT2D eigenvalue weighted by molar-refractivity contribution is 0.216. The van der Waals surface area contributed by atoms with E-state index in [0.29, 0.717) is 5.92 Å². The maximum Gasteiger partial charge on any atom is 0.163 e. The lowest BCUT2D eigenvalue weighted by Gasteiger charge is -2.17. The van der Waals surface area contributed by atoms with Crippen molar-refractivity contribution in [1.82, 2.24) is 0 Å². The van der Waals surface area contributed by atoms with Crippen LogP contribution in [0.1, 0.15) is 40.5 Å². The van der Waals surface area contributed by atoms with Crippen molar-refractivity contribution < 1.29 is 4.74 Å². The first-order chi connectivity index (χ1) is 5.11. The van der Waals surface area contributed by atoms with Crippen molar-refractivity contribution in [3.63, 3.8) is 0 Å². The fourth-order valence-electron chi connectivity index (χ4n) is 0.951. The van der Waals surface area contributed by atoms with Gasteiger partial charge in [0.2, 0.25) is 0 Å². The van der Waals surface area contributed by atoms with Gasteiger partial charge < -0.3 is 4.74 Å². The Morgan fingerprint density at radius 1 is 1.27 bits per heavy atom. The number of thiocarbonyl (C=S) groups is 1. The molecular weight excluding hydrogens is 156 g/mol. The Kier molecular flexibility index (Phi) is 5.47. The van der Waals surface area contributed by atoms with Crippen molar-refractivity contribution in [3.8, 4) is 0 Å². The van der Waals surface area contributed by atoms with Crippen LogP contribution in [0.3, 0.4) is 0 Å². The molecule has 0 unspecified atom stereocenters. The Hall–Kier alpha value is -0.110. The molecule has 0 heterocycles. The van der Waals surface area contributed by atoms with Gasteiger partial charge in [-0.05, 0) is 38.9 Å². The molecule has 0 saturated carbocycles. The summed E-state index contributed by atoms with van der Waals surface area (Å²) in [5.74, 6) is 0.465. The zero-order valence-electron chi connectivity index (χ0n) is 7.89. The molecule has 0 N–H and O–H groups in total. The molecule has 0 atom stereocenters. The molecule has 0 aromatic heterocycles. The maximum atomic E-state index is 5.43. The third-order valence-corrected chi connectivity index (χ3v) is 2.10. The molecule has 1 nitrogen and oxygen atoms in total. The summed E-state index contributed by atoms with van der Waals surface area (Å²) in [5, 5.41) is 0.782. The van der Waals surface area contributed by atoms with E-state index < -0.39 is 0 Å². The van der Waals surface area contributed by atoms with Crippen molar-refractivity contribution in [3.05, 3.63) is 0 Å². The number of rotatable bonds is 4. The largest absolute Gasteiger partial charge is 0.484 e. The average molecular weight is 174 g/mol. The Labute approximate surface area is 75.1 Å². The lowest BCUT2D eigenvalue weighted by atomic mass is 10.1. The molecule has 0 bridgehead atoms. The standard InChI is InChI=1S/C9H18OS/c1-5-8(6-2)9(11)10-7(3)4/h7-8H,5-6H2,1-4H3. The first kappa shape index (κ1) is 10.9. The summed E-state index contributed by atoms with van der Waals surface area (Å²) in [6.45, 7) is 8.30. The highest BCUT2D eigenvalue weighted by Crippen LogP contribution is 2.12. The second-order valence-electron chi connectivity index (χ2n) is 3.00. The topological polar surface area (TPSA) is 9.23 Å². The van der Waals surface area contributed by atoms with Gasteiger partial charge in [-0.25, -0.2) is 0 Å². The van der Waals surface area contributed by atoms with E-state index in [1.807, 2.05) is 13.8 Å². The summed E-state index contributed by atoms with van der Waals surface area (Å²) in [7, 11) is 0. The van der Waals surface area contributed by atoms with E-state index in [-0.39, 0.29) is 6.10 Å². The van der Waals surface area contributed by atoms with Crippen molar-refractivity contribution in [2.24, 2.45) is 5.92 Å². The minimum Gasteiger partial charge on any atom is -0.484 e. The third kappa shape index (κ3) is 4.35. The van der Waals surface area contributed by atoms with Gasteiger partial charge in [-0.1, -0.05) is 13.8 Å². The molecule has 0 radical (unpaired) electrons. The molecule has 11 heavy (non-hydrogen) atoms. The van der Waals surface area contributed by atoms with Crippen LogP contribution in [-0.4, -0.2) is 11.2 Å². The number of hydrogen-bond acceptors (Lipinski definition) is 2. The van der Waals surface area contributed by atoms with Crippen LogP contribution in [0.15, 0.2) is 0 Å². The summed E-state index contributed by atoms with van der Waals surface area (Å²) >= 11 is 5.13. The molecule has 0 aliphatic heterocycles. The van der Waals surface area contributed by atoms with Gasteiger partial charge >= 0.3 is 0 Å². The highest BCUT2D eigenvalue weighted by Gasteiger charge is 2.11. The minimum absolute atomic E-state index is 0.225. The highest BCUT2D eigenvalue weighted by atomic mass is 32.1. The molecule has 2 heteroatoms. The smallest absolute Gasteiger partial charge is 0.163 e. The van der Waals surface area contributed by atoms with Crippen molar-refractivity contribution in [2.45, 2.75) is 46.6 Å². The zero-order chi connectivity index (χ0) is 8.85. The number of ether oxygens (including phenoxy) is 1. The van der Waals surface area contributed by atoms with E-state index in [0.717, 1.165) is 17.9 Å². The van der Waals surface area contributed by atoms with Gasteiger partial charge in [-0.3, -0.25) is 0 Å². The van der Waals surface area contributed by atoms with Crippen molar-refractivity contribution in [2.75, 3.05) is 0 Å². The monoisotopic (exact) mass is 174 g/mol. The van der Waals surface area contributed by atoms with E-state index in [9.17, 15) is 0 Å². The first-order valence-corrected chi connectivity index (χ1v) is 4.73. The molecular formula is C9H18OS. The lowest BCUT2D eigenvalue weighted by Crippen LogP contribution is -2.18. The Morgan fingerprint density at radius 3 is 2.00 bits per heavy atom. The maximum absolute atomic E-state index is 5.43. The predicted molar refractivity (Wildman–Crippen MR) is 52.9 cm³/mol. The molecule has 0 aromatic carbocycles. The van der Waals surface area contributed by atoms with Crippen LogP contribution in [0.2, 0.25) is 0 Å². The average Bonchev–Trinajstić information content (AvgIpc) is 1.88. The third-order valence-electron chi connectivity index (χ3n) is 1.67. The second kappa shape index (κ2) is 5.53. The molecule has 66 valence electrons. The fraction of sp³-hybridized carbons (Fsp3) is 0.889. The molecule has 0 rings (SSSR count). The molecule has 0 spiro atoms. The van der Waals surface area contributed by atoms with Gasteiger partial charge in [-0.15, -0.1) is 0 Å². The Bertz CT molecular complexity index is 117. The van der Waals surface area contributed by atoms with Gasteiger partial charge in [0, 0.05) is 5.92 Å². The molecule has 0 fully saturated rings. The van der Waals surface area contributed by atoms with Crippen molar-refractivity contribution >= 4 is 17.3 Å². The molecule has 0 amide bonds. The number of hydrogen-bond donors (Lipinski definition) is 0. The summed E-state index contributed by atoms with van der Waals surface area (Å²) in [6.07, 6.45) is 2.40. The molecule has 0 aliphatic rings. The van der Waals surface area contributed by atoms with Gasteiger partial charge in [0.15, 0.2) is 5.05 Å². The Balaban J connectivity index is 3.79. The van der Waals surface area contributed by atoms with Gasteiger partial charge in [0.25, 0.3) is 0 Å². The van der Waals surface area contributed by atoms with E-state index in [2.05, 4.69) is 13.8 Å². The van der Waals surface area contributed by atoms with Gasteiger partial charge in [0.05, 0.1) is 6.10 Å². The predicted octanol–water partition coefficient (Wildman–Crippen LogP) is 3.18. The van der Waals surface area contributed by atoms with Gasteiger partial charge in [0.1, 0.15) is 0 Å². The molecule has 0 saturated heterocycles. The summed E-state index contributed by atoms with van der Waals surface area (Å²) in [4.78, 5) is 0. The fourth-order valence-corrected chi connectivity index (χ4v) is 1.48. The molecule has 0 aromatic rings. The SMILES string of the molecule is CCC(CC)C(=S)OC(C)C. The van der Waals surface area contributed by atoms with Crippen LogP contribution < -0.4 is 0 Å². The second-order valence-corrected chi connectivity index (χ2v) is 3.40. The summed E-state index contributed by atoms with van der Waals surface area (Å²) in [5.41, 5.74) is 0.